The van der Waals surface area contributed by atoms with Crippen LogP contribution in [0.2, 0.25) is 0 Å². The van der Waals surface area contributed by atoms with Crippen molar-refractivity contribution >= 4 is 21.6 Å². The monoisotopic (exact) mass is 266 g/mol. The summed E-state index contributed by atoms with van der Waals surface area (Å²) in [7, 11) is 0. The number of aryl methyl sites for hydroxylation is 2. The molecule has 1 aromatic carbocycles. The fraction of sp³-hybridized carbons (Fsp3) is 0.417. The Hall–Kier alpha value is -1.01. The zero-order valence-electron chi connectivity index (χ0n) is 9.26. The van der Waals surface area contributed by atoms with Gasteiger partial charge in [0.1, 0.15) is 0 Å². The van der Waals surface area contributed by atoms with E-state index in [9.17, 15) is 0 Å². The highest BCUT2D eigenvalue weighted by Crippen LogP contribution is 2.27. The predicted molar refractivity (Wildman–Crippen MR) is 66.9 cm³/mol. The fourth-order valence-corrected chi connectivity index (χ4v) is 2.25. The first kappa shape index (κ1) is 12.1. The topological polar surface area (TPSA) is 35.8 Å². The zero-order chi connectivity index (χ0) is 11.4. The Labute approximate surface area is 99.4 Å². The Bertz CT molecular complexity index is 370. The smallest absolute Gasteiger partial charge is 0.0671 e. The minimum absolute atomic E-state index is 0.0256. The Balaban J connectivity index is 2.82. The van der Waals surface area contributed by atoms with E-state index in [0.717, 1.165) is 10.2 Å². The van der Waals surface area contributed by atoms with Gasteiger partial charge in [0, 0.05) is 11.0 Å². The average molecular weight is 267 g/mol. The van der Waals surface area contributed by atoms with Gasteiger partial charge in [0.2, 0.25) is 0 Å². The van der Waals surface area contributed by atoms with Crippen molar-refractivity contribution in [3.63, 3.8) is 0 Å². The van der Waals surface area contributed by atoms with E-state index in [1.807, 2.05) is 6.92 Å². The van der Waals surface area contributed by atoms with Crippen LogP contribution in [-0.2, 0) is 0 Å². The second-order valence-electron chi connectivity index (χ2n) is 3.85. The zero-order valence-corrected chi connectivity index (χ0v) is 10.9. The number of benzene rings is 1. The normalized spacial score (nSPS) is 11.9. The molecule has 0 heterocycles. The summed E-state index contributed by atoms with van der Waals surface area (Å²) in [5.74, 6) is 0.0256. The predicted octanol–water partition coefficient (Wildman–Crippen LogP) is 3.64. The summed E-state index contributed by atoms with van der Waals surface area (Å²) in [5, 5.41) is 12.0. The van der Waals surface area contributed by atoms with E-state index in [0.29, 0.717) is 6.54 Å². The largest absolute Gasteiger partial charge is 0.383 e. The third kappa shape index (κ3) is 3.24. The van der Waals surface area contributed by atoms with E-state index in [2.05, 4.69) is 53.3 Å². The fourth-order valence-electron chi connectivity index (χ4n) is 1.44. The van der Waals surface area contributed by atoms with Crippen molar-refractivity contribution < 1.29 is 0 Å². The molecule has 0 fully saturated rings. The van der Waals surface area contributed by atoms with Crippen molar-refractivity contribution in [2.24, 2.45) is 5.92 Å². The van der Waals surface area contributed by atoms with E-state index < -0.39 is 0 Å². The number of halogens is 1. The lowest BCUT2D eigenvalue weighted by molar-refractivity contribution is 0.785. The van der Waals surface area contributed by atoms with Crippen molar-refractivity contribution in [1.29, 1.82) is 5.26 Å². The van der Waals surface area contributed by atoms with Crippen LogP contribution in [0, 0.1) is 31.1 Å². The molecule has 0 aliphatic rings. The van der Waals surface area contributed by atoms with Gasteiger partial charge >= 0.3 is 0 Å². The Morgan fingerprint density at radius 3 is 2.67 bits per heavy atom. The Kier molecular flexibility index (Phi) is 4.16. The molecular weight excluding hydrogens is 252 g/mol. The minimum atomic E-state index is 0.0256. The van der Waals surface area contributed by atoms with Crippen LogP contribution in [0.3, 0.4) is 0 Å². The summed E-state index contributed by atoms with van der Waals surface area (Å²) in [5.41, 5.74) is 3.52. The second-order valence-corrected chi connectivity index (χ2v) is 4.70. The van der Waals surface area contributed by atoms with Gasteiger partial charge in [0.15, 0.2) is 0 Å². The number of hydrogen-bond donors (Lipinski definition) is 1. The SMILES string of the molecule is Cc1cc(C)c(NCC(C)C#N)c(Br)c1. The molecule has 0 amide bonds. The minimum Gasteiger partial charge on any atom is -0.383 e. The van der Waals surface area contributed by atoms with E-state index >= 15 is 0 Å². The van der Waals surface area contributed by atoms with Gasteiger partial charge in [0.25, 0.3) is 0 Å². The molecule has 1 rings (SSSR count). The van der Waals surface area contributed by atoms with Gasteiger partial charge in [-0.1, -0.05) is 6.07 Å². The molecule has 80 valence electrons. The first-order valence-electron chi connectivity index (χ1n) is 4.95. The standard InChI is InChI=1S/C12H15BrN2/c1-8-4-10(3)12(11(13)5-8)15-7-9(2)6-14/h4-5,9,15H,7H2,1-3H3. The molecule has 0 saturated carbocycles. The number of anilines is 1. The Morgan fingerprint density at radius 1 is 1.47 bits per heavy atom. The summed E-state index contributed by atoms with van der Waals surface area (Å²) < 4.78 is 1.06. The Morgan fingerprint density at radius 2 is 2.13 bits per heavy atom. The van der Waals surface area contributed by atoms with E-state index in [1.54, 1.807) is 0 Å². The highest BCUT2D eigenvalue weighted by molar-refractivity contribution is 9.10. The van der Waals surface area contributed by atoms with Crippen LogP contribution in [0.15, 0.2) is 16.6 Å². The molecule has 0 spiro atoms. The molecule has 1 aromatic rings. The van der Waals surface area contributed by atoms with Crippen LogP contribution >= 0.6 is 15.9 Å². The molecule has 15 heavy (non-hydrogen) atoms. The third-order valence-corrected chi connectivity index (χ3v) is 2.86. The maximum absolute atomic E-state index is 8.69. The quantitative estimate of drug-likeness (QED) is 0.907. The number of hydrogen-bond acceptors (Lipinski definition) is 2. The van der Waals surface area contributed by atoms with Crippen LogP contribution in [0.1, 0.15) is 18.1 Å². The number of rotatable bonds is 3. The molecule has 0 aliphatic heterocycles. The first-order chi connectivity index (χ1) is 7.04. The summed E-state index contributed by atoms with van der Waals surface area (Å²) in [6.07, 6.45) is 0. The highest BCUT2D eigenvalue weighted by atomic mass is 79.9. The van der Waals surface area contributed by atoms with Crippen molar-refractivity contribution in [1.82, 2.24) is 0 Å². The molecular formula is C12H15BrN2. The van der Waals surface area contributed by atoms with Crippen molar-refractivity contribution in [3.05, 3.63) is 27.7 Å². The molecule has 3 heteroatoms. The first-order valence-corrected chi connectivity index (χ1v) is 5.74. The summed E-state index contributed by atoms with van der Waals surface area (Å²) in [4.78, 5) is 0. The van der Waals surface area contributed by atoms with Crippen LogP contribution in [-0.4, -0.2) is 6.54 Å². The molecule has 1 N–H and O–H groups in total. The molecule has 1 unspecified atom stereocenters. The van der Waals surface area contributed by atoms with E-state index in [-0.39, 0.29) is 5.92 Å². The lowest BCUT2D eigenvalue weighted by Gasteiger charge is -2.13. The molecule has 0 saturated heterocycles. The van der Waals surface area contributed by atoms with Gasteiger partial charge < -0.3 is 5.32 Å². The van der Waals surface area contributed by atoms with Crippen LogP contribution in [0.4, 0.5) is 5.69 Å². The summed E-state index contributed by atoms with van der Waals surface area (Å²) >= 11 is 3.52. The lowest BCUT2D eigenvalue weighted by Crippen LogP contribution is -2.10. The molecule has 1 atom stereocenters. The molecule has 2 nitrogen and oxygen atoms in total. The molecule has 0 bridgehead atoms. The maximum Gasteiger partial charge on any atom is 0.0671 e. The van der Waals surface area contributed by atoms with Crippen molar-refractivity contribution in [2.45, 2.75) is 20.8 Å². The van der Waals surface area contributed by atoms with Gasteiger partial charge in [-0.05, 0) is 53.9 Å². The van der Waals surface area contributed by atoms with Gasteiger partial charge in [-0.2, -0.15) is 5.26 Å². The number of nitriles is 1. The van der Waals surface area contributed by atoms with Crippen LogP contribution in [0.5, 0.6) is 0 Å². The van der Waals surface area contributed by atoms with Gasteiger partial charge in [-0.25, -0.2) is 0 Å². The van der Waals surface area contributed by atoms with Crippen molar-refractivity contribution in [3.8, 4) is 6.07 Å². The van der Waals surface area contributed by atoms with E-state index in [1.165, 1.54) is 11.1 Å². The van der Waals surface area contributed by atoms with Gasteiger partial charge in [-0.15, -0.1) is 0 Å². The average Bonchev–Trinajstić information content (AvgIpc) is 2.15. The van der Waals surface area contributed by atoms with Gasteiger partial charge in [0.05, 0.1) is 17.7 Å². The van der Waals surface area contributed by atoms with E-state index in [4.69, 9.17) is 5.26 Å². The second kappa shape index (κ2) is 5.18. The number of nitrogens with zero attached hydrogens (tertiary/aromatic N) is 1. The van der Waals surface area contributed by atoms with Crippen LogP contribution < -0.4 is 5.32 Å². The summed E-state index contributed by atoms with van der Waals surface area (Å²) in [6.45, 7) is 6.72. The van der Waals surface area contributed by atoms with Gasteiger partial charge in [-0.3, -0.25) is 0 Å². The number of nitrogens with one attached hydrogen (secondary N) is 1. The molecule has 0 radical (unpaired) electrons. The molecule has 0 aromatic heterocycles. The van der Waals surface area contributed by atoms with Crippen molar-refractivity contribution in [2.75, 3.05) is 11.9 Å². The molecule has 0 aliphatic carbocycles. The third-order valence-electron chi connectivity index (χ3n) is 2.24. The maximum atomic E-state index is 8.69. The lowest BCUT2D eigenvalue weighted by atomic mass is 10.1. The summed E-state index contributed by atoms with van der Waals surface area (Å²) in [6, 6.07) is 6.41. The van der Waals surface area contributed by atoms with Crippen LogP contribution in [0.25, 0.3) is 0 Å². The highest BCUT2D eigenvalue weighted by Gasteiger charge is 2.06.